The van der Waals surface area contributed by atoms with Crippen LogP contribution in [0.5, 0.6) is 0 Å². The van der Waals surface area contributed by atoms with Crippen LogP contribution >= 0.6 is 0 Å². The average molecular weight is 241 g/mol. The fraction of sp³-hybridized carbons (Fsp3) is 0.545. The van der Waals surface area contributed by atoms with Gasteiger partial charge in [-0.3, -0.25) is 4.79 Å². The summed E-state index contributed by atoms with van der Waals surface area (Å²) in [5, 5.41) is 28.4. The molecule has 1 aliphatic heterocycles. The Kier molecular flexibility index (Phi) is 3.30. The Hall–Kier alpha value is -1.21. The maximum atomic E-state index is 11.2. The molecule has 0 saturated carbocycles. The predicted molar refractivity (Wildman–Crippen MR) is 58.5 cm³/mol. The van der Waals surface area contributed by atoms with Gasteiger partial charge in [-0.15, -0.1) is 0 Å². The minimum atomic E-state index is -1.13. The number of pyridine rings is 1. The summed E-state index contributed by atoms with van der Waals surface area (Å²) in [7, 11) is 0. The predicted octanol–water partition coefficient (Wildman–Crippen LogP) is -1.16. The number of aromatic amines is 1. The second kappa shape index (κ2) is 4.58. The van der Waals surface area contributed by atoms with Crippen molar-refractivity contribution >= 4 is 0 Å². The van der Waals surface area contributed by atoms with Crippen molar-refractivity contribution in [2.45, 2.75) is 31.3 Å². The Balaban J connectivity index is 2.28. The van der Waals surface area contributed by atoms with Crippen molar-refractivity contribution in [3.05, 3.63) is 33.7 Å². The third-order valence-electron chi connectivity index (χ3n) is 2.98. The number of rotatable bonds is 2. The van der Waals surface area contributed by atoms with E-state index >= 15 is 0 Å². The monoisotopic (exact) mass is 241 g/mol. The van der Waals surface area contributed by atoms with E-state index in [4.69, 9.17) is 9.84 Å². The highest BCUT2D eigenvalue weighted by atomic mass is 16.6. The fourth-order valence-corrected chi connectivity index (χ4v) is 1.96. The van der Waals surface area contributed by atoms with E-state index in [2.05, 4.69) is 4.98 Å². The number of H-pyrrole nitrogens is 1. The van der Waals surface area contributed by atoms with E-state index in [0.29, 0.717) is 11.1 Å². The van der Waals surface area contributed by atoms with Crippen molar-refractivity contribution in [3.8, 4) is 0 Å². The highest BCUT2D eigenvalue weighted by Gasteiger charge is 2.43. The van der Waals surface area contributed by atoms with Gasteiger partial charge in [-0.05, 0) is 13.0 Å². The summed E-state index contributed by atoms with van der Waals surface area (Å²) in [5.41, 5.74) is 0.866. The molecule has 4 atom stereocenters. The van der Waals surface area contributed by atoms with Gasteiger partial charge in [0.15, 0.2) is 0 Å². The second-order valence-electron chi connectivity index (χ2n) is 4.20. The molecule has 0 amide bonds. The topological polar surface area (TPSA) is 103 Å². The number of hydrogen-bond donors (Lipinski definition) is 4. The summed E-state index contributed by atoms with van der Waals surface area (Å²) in [6, 6.07) is 1.60. The Morgan fingerprint density at radius 2 is 2.12 bits per heavy atom. The molecule has 4 N–H and O–H groups in total. The van der Waals surface area contributed by atoms with Crippen LogP contribution < -0.4 is 5.56 Å². The van der Waals surface area contributed by atoms with E-state index in [9.17, 15) is 15.0 Å². The van der Waals surface area contributed by atoms with Crippen LogP contribution in [0, 0.1) is 6.92 Å². The molecule has 1 aromatic rings. The quantitative estimate of drug-likeness (QED) is 0.523. The highest BCUT2D eigenvalue weighted by molar-refractivity contribution is 5.22. The summed E-state index contributed by atoms with van der Waals surface area (Å²) in [6.07, 6.45) is -2.34. The molecule has 94 valence electrons. The van der Waals surface area contributed by atoms with Crippen LogP contribution in [0.4, 0.5) is 0 Å². The number of aliphatic hydroxyl groups excluding tert-OH is 3. The number of hydrogen-bond acceptors (Lipinski definition) is 5. The zero-order chi connectivity index (χ0) is 12.6. The molecule has 17 heavy (non-hydrogen) atoms. The van der Waals surface area contributed by atoms with Crippen molar-refractivity contribution in [2.24, 2.45) is 0 Å². The molecule has 0 aromatic carbocycles. The molecule has 1 aliphatic rings. The fourth-order valence-electron chi connectivity index (χ4n) is 1.96. The maximum Gasteiger partial charge on any atom is 0.250 e. The SMILES string of the molecule is Cc1cc([C@@H]2O[C@H](CO)[C@H](O)C2O)c[nH]c1=O. The molecule has 1 aromatic heterocycles. The lowest BCUT2D eigenvalue weighted by Gasteiger charge is -2.14. The van der Waals surface area contributed by atoms with E-state index in [1.165, 1.54) is 6.20 Å². The molecule has 1 saturated heterocycles. The normalized spacial score (nSPS) is 32.9. The van der Waals surface area contributed by atoms with E-state index < -0.39 is 24.4 Å². The first-order valence-electron chi connectivity index (χ1n) is 5.36. The second-order valence-corrected chi connectivity index (χ2v) is 4.20. The average Bonchev–Trinajstić information content (AvgIpc) is 2.60. The molecular weight excluding hydrogens is 226 g/mol. The van der Waals surface area contributed by atoms with Crippen LogP contribution in [0.3, 0.4) is 0 Å². The van der Waals surface area contributed by atoms with Gasteiger partial charge in [0.2, 0.25) is 0 Å². The van der Waals surface area contributed by atoms with Crippen LogP contribution in [0.15, 0.2) is 17.1 Å². The van der Waals surface area contributed by atoms with Gasteiger partial charge in [0.25, 0.3) is 5.56 Å². The molecule has 6 nitrogen and oxygen atoms in total. The first-order valence-corrected chi connectivity index (χ1v) is 5.36. The van der Waals surface area contributed by atoms with E-state index in [0.717, 1.165) is 0 Å². The lowest BCUT2D eigenvalue weighted by atomic mass is 10.0. The smallest absolute Gasteiger partial charge is 0.250 e. The zero-order valence-corrected chi connectivity index (χ0v) is 9.33. The minimum Gasteiger partial charge on any atom is -0.394 e. The van der Waals surface area contributed by atoms with Crippen LogP contribution in [0.1, 0.15) is 17.2 Å². The first kappa shape index (κ1) is 12.3. The molecular formula is C11H15NO5. The van der Waals surface area contributed by atoms with Crippen LogP contribution in [-0.2, 0) is 4.74 Å². The summed E-state index contributed by atoms with van der Waals surface area (Å²) in [4.78, 5) is 13.7. The van der Waals surface area contributed by atoms with Gasteiger partial charge in [-0.25, -0.2) is 0 Å². The summed E-state index contributed by atoms with van der Waals surface area (Å²) >= 11 is 0. The van der Waals surface area contributed by atoms with Gasteiger partial charge in [0.1, 0.15) is 24.4 Å². The Morgan fingerprint density at radius 1 is 1.41 bits per heavy atom. The number of aliphatic hydroxyl groups is 3. The molecule has 2 rings (SSSR count). The summed E-state index contributed by atoms with van der Waals surface area (Å²) in [5.74, 6) is 0. The minimum absolute atomic E-state index is 0.208. The molecule has 1 fully saturated rings. The van der Waals surface area contributed by atoms with Crippen molar-refractivity contribution < 1.29 is 20.1 Å². The maximum absolute atomic E-state index is 11.2. The molecule has 0 bridgehead atoms. The van der Waals surface area contributed by atoms with E-state index in [1.807, 2.05) is 0 Å². The Bertz CT molecular complexity index is 457. The van der Waals surface area contributed by atoms with Gasteiger partial charge in [0, 0.05) is 17.3 Å². The van der Waals surface area contributed by atoms with Gasteiger partial charge in [-0.1, -0.05) is 0 Å². The van der Waals surface area contributed by atoms with Crippen LogP contribution in [0.2, 0.25) is 0 Å². The lowest BCUT2D eigenvalue weighted by Crippen LogP contribution is -2.32. The number of aromatic nitrogens is 1. The van der Waals surface area contributed by atoms with Crippen molar-refractivity contribution in [1.82, 2.24) is 4.98 Å². The Morgan fingerprint density at radius 3 is 2.65 bits per heavy atom. The van der Waals surface area contributed by atoms with Crippen molar-refractivity contribution in [3.63, 3.8) is 0 Å². The standard InChI is InChI=1S/C11H15NO5/c1-5-2-6(3-12-11(5)16)10-9(15)8(14)7(4-13)17-10/h2-3,7-10,13-15H,4H2,1H3,(H,12,16)/t7-,8+,9?,10+/m1/s1. The number of ether oxygens (including phenoxy) is 1. The molecule has 1 unspecified atom stereocenters. The highest BCUT2D eigenvalue weighted by Crippen LogP contribution is 2.32. The van der Waals surface area contributed by atoms with Gasteiger partial charge < -0.3 is 25.0 Å². The van der Waals surface area contributed by atoms with E-state index in [1.54, 1.807) is 13.0 Å². The Labute approximate surface area is 97.5 Å². The number of aryl methyl sites for hydroxylation is 1. The summed E-state index contributed by atoms with van der Waals surface area (Å²) in [6.45, 7) is 1.28. The summed E-state index contributed by atoms with van der Waals surface area (Å²) < 4.78 is 5.34. The lowest BCUT2D eigenvalue weighted by molar-refractivity contribution is -0.0228. The molecule has 0 radical (unpaired) electrons. The first-order chi connectivity index (χ1) is 8.04. The molecule has 2 heterocycles. The van der Waals surface area contributed by atoms with Crippen molar-refractivity contribution in [2.75, 3.05) is 6.61 Å². The third kappa shape index (κ3) is 2.12. The largest absolute Gasteiger partial charge is 0.394 e. The van der Waals surface area contributed by atoms with Gasteiger partial charge >= 0.3 is 0 Å². The molecule has 0 aliphatic carbocycles. The third-order valence-corrected chi connectivity index (χ3v) is 2.98. The van der Waals surface area contributed by atoms with Crippen LogP contribution in [-0.4, -0.2) is 45.2 Å². The van der Waals surface area contributed by atoms with Gasteiger partial charge in [0.05, 0.1) is 6.61 Å². The zero-order valence-electron chi connectivity index (χ0n) is 9.33. The van der Waals surface area contributed by atoms with Gasteiger partial charge in [-0.2, -0.15) is 0 Å². The van der Waals surface area contributed by atoms with E-state index in [-0.39, 0.29) is 12.2 Å². The van der Waals surface area contributed by atoms with Crippen LogP contribution in [0.25, 0.3) is 0 Å². The molecule has 0 spiro atoms. The molecule has 6 heteroatoms. The van der Waals surface area contributed by atoms with Crippen molar-refractivity contribution in [1.29, 1.82) is 0 Å². The number of nitrogens with one attached hydrogen (secondary N) is 1.